The van der Waals surface area contributed by atoms with Gasteiger partial charge in [-0.05, 0) is 36.2 Å². The van der Waals surface area contributed by atoms with Crippen LogP contribution in [0.1, 0.15) is 24.2 Å². The molecule has 4 rings (SSSR count). The van der Waals surface area contributed by atoms with Crippen molar-refractivity contribution in [1.29, 1.82) is 0 Å². The molecule has 2 amide bonds. The summed E-state index contributed by atoms with van der Waals surface area (Å²) in [6.07, 6.45) is 1.96. The van der Waals surface area contributed by atoms with Crippen molar-refractivity contribution >= 4 is 38.4 Å². The van der Waals surface area contributed by atoms with Gasteiger partial charge in [0.15, 0.2) is 0 Å². The van der Waals surface area contributed by atoms with Crippen LogP contribution in [0.15, 0.2) is 59.6 Å². The first-order chi connectivity index (χ1) is 13.8. The Hall–Kier alpha value is -3.13. The molecule has 3 aromatic rings. The van der Waals surface area contributed by atoms with E-state index < -0.39 is 28.4 Å². The van der Waals surface area contributed by atoms with Crippen molar-refractivity contribution in [2.45, 2.75) is 25.3 Å². The average Bonchev–Trinajstić information content (AvgIpc) is 3.16. The van der Waals surface area contributed by atoms with Crippen molar-refractivity contribution in [2.75, 3.05) is 11.9 Å². The largest absolute Gasteiger partial charge is 0.347 e. The summed E-state index contributed by atoms with van der Waals surface area (Å²) in [5.74, 6) is -0.784. The predicted octanol–water partition coefficient (Wildman–Crippen LogP) is 3.08. The van der Waals surface area contributed by atoms with Crippen molar-refractivity contribution in [2.24, 2.45) is 5.92 Å². The molecule has 29 heavy (non-hydrogen) atoms. The molecule has 150 valence electrons. The van der Waals surface area contributed by atoms with Crippen LogP contribution in [0.5, 0.6) is 0 Å². The number of sulfonamides is 1. The van der Waals surface area contributed by atoms with Crippen LogP contribution < -0.4 is 5.32 Å². The fourth-order valence-electron chi connectivity index (χ4n) is 3.59. The number of nitrogens with one attached hydrogen (secondary N) is 1. The minimum atomic E-state index is -4.02. The van der Waals surface area contributed by atoms with Crippen molar-refractivity contribution < 1.29 is 18.0 Å². The minimum absolute atomic E-state index is 0.0642. The van der Waals surface area contributed by atoms with Gasteiger partial charge < -0.3 is 9.88 Å². The molecule has 0 unspecified atom stereocenters. The Morgan fingerprint density at radius 3 is 2.55 bits per heavy atom. The maximum Gasteiger partial charge on any atom is 0.269 e. The van der Waals surface area contributed by atoms with Gasteiger partial charge in [0.2, 0.25) is 5.91 Å². The molecular weight excluding hydrogens is 390 g/mol. The first-order valence-electron chi connectivity index (χ1n) is 9.33. The minimum Gasteiger partial charge on any atom is -0.347 e. The Morgan fingerprint density at radius 2 is 1.83 bits per heavy atom. The number of carbonyl (C=O) groups excluding carboxylic acids is 2. The lowest BCUT2D eigenvalue weighted by molar-refractivity contribution is -0.116. The van der Waals surface area contributed by atoms with E-state index in [-0.39, 0.29) is 10.5 Å². The topological polar surface area (TPSA) is 88.5 Å². The number of aromatic nitrogens is 1. The molecule has 7 nitrogen and oxygen atoms in total. The van der Waals surface area contributed by atoms with Crippen molar-refractivity contribution in [1.82, 2.24) is 8.87 Å². The maximum atomic E-state index is 12.6. The van der Waals surface area contributed by atoms with E-state index in [9.17, 15) is 18.0 Å². The number of anilines is 1. The lowest BCUT2D eigenvalue weighted by Crippen LogP contribution is -2.37. The molecule has 0 bridgehead atoms. The monoisotopic (exact) mass is 411 g/mol. The summed E-state index contributed by atoms with van der Waals surface area (Å²) in [5, 5.41) is 3.61. The van der Waals surface area contributed by atoms with E-state index in [0.717, 1.165) is 17.4 Å². The van der Waals surface area contributed by atoms with Gasteiger partial charge in [0.05, 0.1) is 16.8 Å². The van der Waals surface area contributed by atoms with Crippen molar-refractivity contribution in [3.8, 4) is 0 Å². The molecular formula is C21H21N3O4S. The molecule has 2 aromatic carbocycles. The summed E-state index contributed by atoms with van der Waals surface area (Å²) >= 11 is 0. The summed E-state index contributed by atoms with van der Waals surface area (Å²) in [4.78, 5) is 25.0. The number of nitrogens with zero attached hydrogens (tertiary/aromatic N) is 2. The van der Waals surface area contributed by atoms with Gasteiger partial charge in [-0.1, -0.05) is 32.0 Å². The zero-order chi connectivity index (χ0) is 20.8. The quantitative estimate of drug-likeness (QED) is 0.699. The van der Waals surface area contributed by atoms with E-state index in [1.165, 1.54) is 12.1 Å². The molecule has 0 atom stereocenters. The van der Waals surface area contributed by atoms with Gasteiger partial charge in [0, 0.05) is 18.1 Å². The van der Waals surface area contributed by atoms with Crippen LogP contribution in [-0.4, -0.2) is 35.6 Å². The summed E-state index contributed by atoms with van der Waals surface area (Å²) < 4.78 is 28.0. The number of carbonyl (C=O) groups is 2. The van der Waals surface area contributed by atoms with E-state index in [2.05, 4.69) is 23.7 Å². The highest BCUT2D eigenvalue weighted by Crippen LogP contribution is 2.30. The van der Waals surface area contributed by atoms with Crippen LogP contribution in [0.25, 0.3) is 10.9 Å². The SMILES string of the molecule is CC(C)Cn1ccc2c(NC(=O)CN3C(=O)c4ccccc4S3(=O)=O)cccc21. The van der Waals surface area contributed by atoms with Gasteiger partial charge in [0.25, 0.3) is 15.9 Å². The predicted molar refractivity (Wildman–Crippen MR) is 110 cm³/mol. The van der Waals surface area contributed by atoms with E-state index >= 15 is 0 Å². The fraction of sp³-hybridized carbons (Fsp3) is 0.238. The molecule has 0 saturated carbocycles. The van der Waals surface area contributed by atoms with Crippen LogP contribution in [0.3, 0.4) is 0 Å². The lowest BCUT2D eigenvalue weighted by atomic mass is 10.2. The zero-order valence-electron chi connectivity index (χ0n) is 16.1. The highest BCUT2D eigenvalue weighted by molar-refractivity contribution is 7.90. The summed E-state index contributed by atoms with van der Waals surface area (Å²) in [5.41, 5.74) is 1.65. The molecule has 0 spiro atoms. The van der Waals surface area contributed by atoms with Gasteiger partial charge >= 0.3 is 0 Å². The number of hydrogen-bond acceptors (Lipinski definition) is 4. The maximum absolute atomic E-state index is 12.6. The first-order valence-corrected chi connectivity index (χ1v) is 10.8. The second-order valence-corrected chi connectivity index (χ2v) is 9.29. The molecule has 8 heteroatoms. The van der Waals surface area contributed by atoms with E-state index in [1.807, 2.05) is 24.4 Å². The number of rotatable bonds is 5. The highest BCUT2D eigenvalue weighted by Gasteiger charge is 2.41. The molecule has 0 aliphatic carbocycles. The van der Waals surface area contributed by atoms with Crippen LogP contribution in [0.2, 0.25) is 0 Å². The Kier molecular flexibility index (Phi) is 4.66. The lowest BCUT2D eigenvalue weighted by Gasteiger charge is -2.15. The molecule has 0 fully saturated rings. The highest BCUT2D eigenvalue weighted by atomic mass is 32.2. The number of amides is 2. The summed E-state index contributed by atoms with van der Waals surface area (Å²) in [6, 6.07) is 13.5. The van der Waals surface area contributed by atoms with Crippen molar-refractivity contribution in [3.63, 3.8) is 0 Å². The van der Waals surface area contributed by atoms with E-state index in [4.69, 9.17) is 0 Å². The molecule has 1 aromatic heterocycles. The first kappa shape index (κ1) is 19.2. The van der Waals surface area contributed by atoms with Gasteiger partial charge in [-0.2, -0.15) is 0 Å². The Bertz CT molecular complexity index is 1230. The van der Waals surface area contributed by atoms with Crippen LogP contribution in [-0.2, 0) is 21.4 Å². The second kappa shape index (κ2) is 7.04. The molecule has 2 heterocycles. The molecule has 0 saturated heterocycles. The van der Waals surface area contributed by atoms with Crippen LogP contribution in [0.4, 0.5) is 5.69 Å². The van der Waals surface area contributed by atoms with Crippen molar-refractivity contribution in [3.05, 3.63) is 60.3 Å². The van der Waals surface area contributed by atoms with Gasteiger partial charge in [-0.15, -0.1) is 0 Å². The third kappa shape index (κ3) is 3.29. The molecule has 1 aliphatic rings. The Balaban J connectivity index is 1.57. The Morgan fingerprint density at radius 1 is 1.07 bits per heavy atom. The number of fused-ring (bicyclic) bond motifs is 2. The summed E-state index contributed by atoms with van der Waals surface area (Å²) in [7, 11) is -4.02. The second-order valence-electron chi connectivity index (χ2n) is 7.46. The number of hydrogen-bond donors (Lipinski definition) is 1. The third-order valence-electron chi connectivity index (χ3n) is 4.85. The standard InChI is InChI=1S/C21H21N3O4S/c1-14(2)12-23-11-10-15-17(7-5-8-18(15)23)22-20(25)13-24-21(26)16-6-3-4-9-19(16)29(24,27)28/h3-11,14H,12-13H2,1-2H3,(H,22,25). The molecule has 1 aliphatic heterocycles. The average molecular weight is 411 g/mol. The van der Waals surface area contributed by atoms with E-state index in [0.29, 0.717) is 15.9 Å². The normalized spacial score (nSPS) is 15.1. The Labute approximate surface area is 169 Å². The van der Waals surface area contributed by atoms with Gasteiger partial charge in [0.1, 0.15) is 11.4 Å². The number of benzene rings is 2. The fourth-order valence-corrected chi connectivity index (χ4v) is 5.12. The van der Waals surface area contributed by atoms with Gasteiger partial charge in [-0.3, -0.25) is 9.59 Å². The third-order valence-corrected chi connectivity index (χ3v) is 6.64. The zero-order valence-corrected chi connectivity index (χ0v) is 16.9. The van der Waals surface area contributed by atoms with Crippen LogP contribution in [0, 0.1) is 5.92 Å². The molecule has 0 radical (unpaired) electrons. The molecule has 1 N–H and O–H groups in total. The van der Waals surface area contributed by atoms with Crippen LogP contribution >= 0.6 is 0 Å². The van der Waals surface area contributed by atoms with E-state index in [1.54, 1.807) is 18.2 Å². The van der Waals surface area contributed by atoms with Gasteiger partial charge in [-0.25, -0.2) is 12.7 Å². The smallest absolute Gasteiger partial charge is 0.269 e. The summed E-state index contributed by atoms with van der Waals surface area (Å²) in [6.45, 7) is 4.53.